The van der Waals surface area contributed by atoms with Gasteiger partial charge >= 0.3 is 0 Å². The highest BCUT2D eigenvalue weighted by Crippen LogP contribution is 2.64. The number of benzene rings is 1. The Balaban J connectivity index is 1.62. The number of aromatic hydroxyl groups is 1. The Morgan fingerprint density at radius 2 is 1.96 bits per heavy atom. The van der Waals surface area contributed by atoms with E-state index in [0.717, 1.165) is 32.1 Å². The third-order valence-corrected chi connectivity index (χ3v) is 10.9. The standard InChI is InChI=1S/C25H36O2Si/c1-5-15-28(3,4)16-14-25(27)13-11-23-22-8-6-18-17-19(26)7-9-20(18)21(22)10-12-24(23,25)2/h7,9,17,21-23,26-27H,5-6,8,10-13,15H2,1-4H3/t21-,22-,23+,24+,25-/m1/s1. The Bertz CT molecular complexity index is 820. The maximum absolute atomic E-state index is 11.7. The first-order valence-electron chi connectivity index (χ1n) is 11.3. The summed E-state index contributed by atoms with van der Waals surface area (Å²) in [4.78, 5) is 0. The number of aliphatic hydroxyl groups is 1. The van der Waals surface area contributed by atoms with Gasteiger partial charge in [0.1, 0.15) is 19.4 Å². The lowest BCUT2D eigenvalue weighted by atomic mass is 9.53. The second kappa shape index (κ2) is 6.92. The first-order chi connectivity index (χ1) is 13.2. The van der Waals surface area contributed by atoms with E-state index in [2.05, 4.69) is 44.5 Å². The van der Waals surface area contributed by atoms with E-state index in [4.69, 9.17) is 0 Å². The van der Waals surface area contributed by atoms with Gasteiger partial charge in [0.15, 0.2) is 0 Å². The molecule has 0 radical (unpaired) electrons. The molecule has 152 valence electrons. The van der Waals surface area contributed by atoms with Crippen LogP contribution in [0.25, 0.3) is 0 Å². The molecule has 0 aromatic heterocycles. The molecular weight excluding hydrogens is 360 g/mol. The molecule has 0 saturated heterocycles. The van der Waals surface area contributed by atoms with E-state index in [1.807, 2.05) is 12.1 Å². The fourth-order valence-electron chi connectivity index (χ4n) is 6.75. The Kier molecular flexibility index (Phi) is 4.96. The van der Waals surface area contributed by atoms with Crippen molar-refractivity contribution >= 4 is 8.07 Å². The third-order valence-electron chi connectivity index (χ3n) is 8.34. The van der Waals surface area contributed by atoms with Gasteiger partial charge in [-0.2, -0.15) is 0 Å². The molecule has 3 heteroatoms. The van der Waals surface area contributed by atoms with Crippen LogP contribution in [-0.4, -0.2) is 23.9 Å². The zero-order valence-corrected chi connectivity index (χ0v) is 19.0. The van der Waals surface area contributed by atoms with Crippen LogP contribution in [0.2, 0.25) is 19.1 Å². The molecule has 5 atom stereocenters. The molecule has 2 nitrogen and oxygen atoms in total. The van der Waals surface area contributed by atoms with Crippen molar-refractivity contribution < 1.29 is 10.2 Å². The highest BCUT2D eigenvalue weighted by Gasteiger charge is 2.61. The van der Waals surface area contributed by atoms with E-state index in [1.165, 1.54) is 30.0 Å². The number of phenols is 1. The maximum Gasteiger partial charge on any atom is 0.132 e. The molecule has 1 aromatic rings. The minimum absolute atomic E-state index is 0.0771. The minimum Gasteiger partial charge on any atom is -0.508 e. The third kappa shape index (κ3) is 3.14. The van der Waals surface area contributed by atoms with Gasteiger partial charge in [-0.05, 0) is 85.6 Å². The summed E-state index contributed by atoms with van der Waals surface area (Å²) in [5, 5.41) is 21.6. The highest BCUT2D eigenvalue weighted by atomic mass is 28.3. The SMILES string of the molecule is CCC[Si](C)(C)C#C[C@]1(O)CC[C@H]2[C@@H]3CCc4cc(O)ccc4[C@H]3CC[C@@]21C. The number of hydrogen-bond donors (Lipinski definition) is 2. The first-order valence-corrected chi connectivity index (χ1v) is 14.5. The Morgan fingerprint density at radius 1 is 1.18 bits per heavy atom. The summed E-state index contributed by atoms with van der Waals surface area (Å²) >= 11 is 0. The van der Waals surface area contributed by atoms with E-state index in [-0.39, 0.29) is 5.41 Å². The fraction of sp³-hybridized carbons (Fsp3) is 0.680. The minimum atomic E-state index is -1.54. The number of hydrogen-bond acceptors (Lipinski definition) is 2. The van der Waals surface area contributed by atoms with Gasteiger partial charge in [0.25, 0.3) is 0 Å². The number of phenolic OH excluding ortho intramolecular Hbond substituents is 1. The molecule has 0 amide bonds. The van der Waals surface area contributed by atoms with Gasteiger partial charge in [-0.1, -0.05) is 45.3 Å². The molecule has 0 unspecified atom stereocenters. The van der Waals surface area contributed by atoms with Crippen molar-refractivity contribution in [1.29, 1.82) is 0 Å². The Morgan fingerprint density at radius 3 is 2.71 bits per heavy atom. The van der Waals surface area contributed by atoms with Crippen molar-refractivity contribution in [3.05, 3.63) is 29.3 Å². The molecule has 0 spiro atoms. The van der Waals surface area contributed by atoms with Crippen LogP contribution in [0, 0.1) is 28.7 Å². The van der Waals surface area contributed by atoms with Gasteiger partial charge in [0.2, 0.25) is 0 Å². The van der Waals surface area contributed by atoms with Gasteiger partial charge < -0.3 is 10.2 Å². The normalized spacial score (nSPS) is 36.7. The van der Waals surface area contributed by atoms with E-state index in [1.54, 1.807) is 0 Å². The van der Waals surface area contributed by atoms with Crippen LogP contribution in [0.5, 0.6) is 5.75 Å². The predicted octanol–water partition coefficient (Wildman–Crippen LogP) is 5.64. The topological polar surface area (TPSA) is 40.5 Å². The smallest absolute Gasteiger partial charge is 0.132 e. The quantitative estimate of drug-likeness (QED) is 0.501. The zero-order valence-electron chi connectivity index (χ0n) is 18.0. The number of rotatable bonds is 2. The van der Waals surface area contributed by atoms with Gasteiger partial charge in [0.05, 0.1) is 0 Å². The van der Waals surface area contributed by atoms with Crippen LogP contribution in [-0.2, 0) is 6.42 Å². The second-order valence-corrected chi connectivity index (χ2v) is 15.1. The second-order valence-electron chi connectivity index (χ2n) is 10.5. The average molecular weight is 397 g/mol. The molecule has 3 aliphatic carbocycles. The molecule has 3 aliphatic rings. The van der Waals surface area contributed by atoms with Crippen LogP contribution < -0.4 is 0 Å². The molecule has 0 heterocycles. The molecule has 0 bridgehead atoms. The number of fused-ring (bicyclic) bond motifs is 5. The van der Waals surface area contributed by atoms with Crippen molar-refractivity contribution in [3.8, 4) is 17.2 Å². The lowest BCUT2D eigenvalue weighted by Gasteiger charge is -2.52. The average Bonchev–Trinajstić information content (AvgIpc) is 2.91. The van der Waals surface area contributed by atoms with Crippen LogP contribution in [0.3, 0.4) is 0 Å². The lowest BCUT2D eigenvalue weighted by molar-refractivity contribution is -0.0647. The molecule has 1 aromatic carbocycles. The molecule has 0 aliphatic heterocycles. The molecule has 28 heavy (non-hydrogen) atoms. The van der Waals surface area contributed by atoms with E-state index in [9.17, 15) is 10.2 Å². The van der Waals surface area contributed by atoms with Crippen molar-refractivity contribution in [2.45, 2.75) is 89.5 Å². The summed E-state index contributed by atoms with van der Waals surface area (Å²) in [5.74, 6) is 5.66. The summed E-state index contributed by atoms with van der Waals surface area (Å²) < 4.78 is 0. The predicted molar refractivity (Wildman–Crippen MR) is 118 cm³/mol. The number of aryl methyl sites for hydroxylation is 1. The van der Waals surface area contributed by atoms with Gasteiger partial charge in [-0.3, -0.25) is 0 Å². The van der Waals surface area contributed by atoms with Crippen molar-refractivity contribution in [3.63, 3.8) is 0 Å². The monoisotopic (exact) mass is 396 g/mol. The summed E-state index contributed by atoms with van der Waals surface area (Å²) in [6.07, 6.45) is 7.55. The van der Waals surface area contributed by atoms with Crippen molar-refractivity contribution in [2.24, 2.45) is 17.3 Å². The molecule has 2 fully saturated rings. The Hall–Kier alpha value is -1.24. The molecular formula is C25H36O2Si. The summed E-state index contributed by atoms with van der Waals surface area (Å²) in [7, 11) is -1.54. The van der Waals surface area contributed by atoms with Gasteiger partial charge in [-0.15, -0.1) is 5.54 Å². The van der Waals surface area contributed by atoms with Gasteiger partial charge in [0, 0.05) is 5.41 Å². The highest BCUT2D eigenvalue weighted by molar-refractivity contribution is 6.85. The Labute approximate surface area is 171 Å². The van der Waals surface area contributed by atoms with E-state index < -0.39 is 13.7 Å². The first kappa shape index (κ1) is 20.0. The van der Waals surface area contributed by atoms with E-state index >= 15 is 0 Å². The van der Waals surface area contributed by atoms with Crippen molar-refractivity contribution in [1.82, 2.24) is 0 Å². The largest absolute Gasteiger partial charge is 0.508 e. The lowest BCUT2D eigenvalue weighted by Crippen LogP contribution is -2.50. The van der Waals surface area contributed by atoms with E-state index in [0.29, 0.717) is 23.5 Å². The van der Waals surface area contributed by atoms with Crippen molar-refractivity contribution in [2.75, 3.05) is 0 Å². The molecule has 2 saturated carbocycles. The maximum atomic E-state index is 11.7. The molecule has 2 N–H and O–H groups in total. The molecule has 4 rings (SSSR count). The summed E-state index contributed by atoms with van der Waals surface area (Å²) in [5.41, 5.74) is 5.51. The van der Waals surface area contributed by atoms with Gasteiger partial charge in [-0.25, -0.2) is 0 Å². The summed E-state index contributed by atoms with van der Waals surface area (Å²) in [6.45, 7) is 9.24. The zero-order chi connectivity index (χ0) is 20.2. The van der Waals surface area contributed by atoms with Crippen LogP contribution in [0.4, 0.5) is 0 Å². The van der Waals surface area contributed by atoms with Crippen LogP contribution in [0.15, 0.2) is 18.2 Å². The van der Waals surface area contributed by atoms with Crippen LogP contribution >= 0.6 is 0 Å². The fourth-order valence-corrected chi connectivity index (χ4v) is 8.67. The van der Waals surface area contributed by atoms with Crippen LogP contribution in [0.1, 0.15) is 69.4 Å². The summed E-state index contributed by atoms with van der Waals surface area (Å²) in [6, 6.07) is 7.19.